The maximum atomic E-state index is 11.1. The lowest BCUT2D eigenvalue weighted by molar-refractivity contribution is -0.119. The molecule has 4 nitrogen and oxygen atoms in total. The van der Waals surface area contributed by atoms with Crippen molar-refractivity contribution in [2.45, 2.75) is 19.9 Å². The summed E-state index contributed by atoms with van der Waals surface area (Å²) in [4.78, 5) is 15.2. The third-order valence-electron chi connectivity index (χ3n) is 1.99. The zero-order chi connectivity index (χ0) is 11.4. The summed E-state index contributed by atoms with van der Waals surface area (Å²) in [5.74, 6) is 0.259. The highest BCUT2D eigenvalue weighted by molar-refractivity contribution is 6.29. The van der Waals surface area contributed by atoms with Gasteiger partial charge in [0, 0.05) is 0 Å². The largest absolute Gasteiger partial charge is 0.368 e. The first-order chi connectivity index (χ1) is 7.00. The number of aromatic nitrogens is 1. The lowest BCUT2D eigenvalue weighted by Crippen LogP contribution is -2.39. The van der Waals surface area contributed by atoms with Gasteiger partial charge in [0.1, 0.15) is 17.0 Å². The number of hydrogen-bond acceptors (Lipinski definition) is 3. The van der Waals surface area contributed by atoms with Crippen LogP contribution >= 0.6 is 11.6 Å². The fourth-order valence-electron chi connectivity index (χ4n) is 1.21. The summed E-state index contributed by atoms with van der Waals surface area (Å²) < 4.78 is 0. The molecule has 0 aliphatic heterocycles. The minimum Gasteiger partial charge on any atom is -0.368 e. The van der Waals surface area contributed by atoms with Gasteiger partial charge >= 0.3 is 0 Å². The van der Waals surface area contributed by atoms with Crippen LogP contribution in [0.3, 0.4) is 0 Å². The lowest BCUT2D eigenvalue weighted by atomic mass is 10.0. The molecule has 0 saturated carbocycles. The van der Waals surface area contributed by atoms with Crippen LogP contribution in [0.4, 0.5) is 5.82 Å². The maximum Gasteiger partial charge on any atom is 0.240 e. The van der Waals surface area contributed by atoms with E-state index < -0.39 is 11.9 Å². The minimum absolute atomic E-state index is 0.100. The quantitative estimate of drug-likeness (QED) is 0.769. The second-order valence-electron chi connectivity index (χ2n) is 3.61. The number of primary amides is 1. The zero-order valence-corrected chi connectivity index (χ0v) is 9.45. The van der Waals surface area contributed by atoms with Crippen LogP contribution in [0.15, 0.2) is 18.2 Å². The van der Waals surface area contributed by atoms with E-state index in [-0.39, 0.29) is 5.92 Å². The van der Waals surface area contributed by atoms with E-state index in [9.17, 15) is 4.79 Å². The van der Waals surface area contributed by atoms with Gasteiger partial charge in [-0.25, -0.2) is 4.98 Å². The summed E-state index contributed by atoms with van der Waals surface area (Å²) in [6, 6.07) is 4.73. The van der Waals surface area contributed by atoms with Crippen molar-refractivity contribution in [3.05, 3.63) is 23.4 Å². The predicted octanol–water partition coefficient (Wildman–Crippen LogP) is 1.66. The van der Waals surface area contributed by atoms with Gasteiger partial charge in [0.15, 0.2) is 0 Å². The fraction of sp³-hybridized carbons (Fsp3) is 0.400. The molecule has 1 atom stereocenters. The summed E-state index contributed by atoms with van der Waals surface area (Å²) in [6.45, 7) is 3.82. The number of nitrogens with zero attached hydrogens (tertiary/aromatic N) is 1. The summed E-state index contributed by atoms with van der Waals surface area (Å²) in [6.07, 6.45) is 0. The molecule has 0 fully saturated rings. The van der Waals surface area contributed by atoms with Crippen LogP contribution in [0.5, 0.6) is 0 Å². The Bertz CT molecular complexity index is 354. The first kappa shape index (κ1) is 11.8. The first-order valence-corrected chi connectivity index (χ1v) is 5.07. The molecule has 1 amide bonds. The number of pyridine rings is 1. The number of halogens is 1. The molecule has 1 unspecified atom stereocenters. The zero-order valence-electron chi connectivity index (χ0n) is 8.70. The van der Waals surface area contributed by atoms with Crippen LogP contribution in [-0.2, 0) is 4.79 Å². The third-order valence-corrected chi connectivity index (χ3v) is 2.20. The Balaban J connectivity index is 2.79. The van der Waals surface area contributed by atoms with Crippen molar-refractivity contribution < 1.29 is 4.79 Å². The van der Waals surface area contributed by atoms with Gasteiger partial charge < -0.3 is 11.1 Å². The molecule has 0 aromatic carbocycles. The molecular weight excluding hydrogens is 214 g/mol. The Morgan fingerprint density at radius 2 is 2.20 bits per heavy atom. The van der Waals surface area contributed by atoms with Crippen LogP contribution < -0.4 is 11.1 Å². The molecule has 1 aromatic rings. The van der Waals surface area contributed by atoms with Crippen molar-refractivity contribution in [2.24, 2.45) is 11.7 Å². The van der Waals surface area contributed by atoms with E-state index in [1.165, 1.54) is 0 Å². The summed E-state index contributed by atoms with van der Waals surface area (Å²) in [5, 5.41) is 3.33. The third kappa shape index (κ3) is 3.40. The Morgan fingerprint density at radius 1 is 1.53 bits per heavy atom. The SMILES string of the molecule is CC(C)C(Nc1cccc(Cl)n1)C(N)=O. The molecule has 1 rings (SSSR count). The van der Waals surface area contributed by atoms with E-state index in [4.69, 9.17) is 17.3 Å². The average molecular weight is 228 g/mol. The van der Waals surface area contributed by atoms with Gasteiger partial charge in [-0.05, 0) is 18.1 Å². The highest BCUT2D eigenvalue weighted by Crippen LogP contribution is 2.13. The number of amides is 1. The molecule has 0 aliphatic rings. The van der Waals surface area contributed by atoms with Crippen LogP contribution in [0.1, 0.15) is 13.8 Å². The molecule has 0 radical (unpaired) electrons. The van der Waals surface area contributed by atoms with E-state index >= 15 is 0 Å². The number of nitrogens with one attached hydrogen (secondary N) is 1. The fourth-order valence-corrected chi connectivity index (χ4v) is 1.38. The molecule has 0 saturated heterocycles. The molecular formula is C10H14ClN3O. The van der Waals surface area contributed by atoms with Crippen molar-refractivity contribution in [3.8, 4) is 0 Å². The lowest BCUT2D eigenvalue weighted by Gasteiger charge is -2.19. The number of carbonyl (C=O) groups is 1. The number of hydrogen-bond donors (Lipinski definition) is 2. The van der Waals surface area contributed by atoms with Gasteiger partial charge in [-0.2, -0.15) is 0 Å². The van der Waals surface area contributed by atoms with E-state index in [1.54, 1.807) is 18.2 Å². The molecule has 0 bridgehead atoms. The second kappa shape index (κ2) is 4.98. The molecule has 1 heterocycles. The van der Waals surface area contributed by atoms with Gasteiger partial charge in [0.05, 0.1) is 0 Å². The predicted molar refractivity (Wildman–Crippen MR) is 60.7 cm³/mol. The Hall–Kier alpha value is -1.29. The smallest absolute Gasteiger partial charge is 0.240 e. The van der Waals surface area contributed by atoms with Gasteiger partial charge in [0.2, 0.25) is 5.91 Å². The van der Waals surface area contributed by atoms with Crippen LogP contribution in [0, 0.1) is 5.92 Å². The summed E-state index contributed by atoms with van der Waals surface area (Å²) in [5.41, 5.74) is 5.26. The normalized spacial score (nSPS) is 12.5. The Morgan fingerprint density at radius 3 is 2.67 bits per heavy atom. The highest BCUT2D eigenvalue weighted by atomic mass is 35.5. The highest BCUT2D eigenvalue weighted by Gasteiger charge is 2.19. The van der Waals surface area contributed by atoms with Crippen LogP contribution in [-0.4, -0.2) is 16.9 Å². The number of carbonyl (C=O) groups excluding carboxylic acids is 1. The van der Waals surface area contributed by atoms with Crippen molar-refractivity contribution in [1.29, 1.82) is 0 Å². The molecule has 5 heteroatoms. The molecule has 0 aliphatic carbocycles. The van der Waals surface area contributed by atoms with Crippen molar-refractivity contribution in [1.82, 2.24) is 4.98 Å². The average Bonchev–Trinajstić information content (AvgIpc) is 2.13. The monoisotopic (exact) mass is 227 g/mol. The van der Waals surface area contributed by atoms with Crippen LogP contribution in [0.25, 0.3) is 0 Å². The second-order valence-corrected chi connectivity index (χ2v) is 4.00. The molecule has 1 aromatic heterocycles. The molecule has 0 spiro atoms. The topological polar surface area (TPSA) is 68.0 Å². The standard InChI is InChI=1S/C10H14ClN3O/c1-6(2)9(10(12)15)14-8-5-3-4-7(11)13-8/h3-6,9H,1-2H3,(H2,12,15)(H,13,14). The summed E-state index contributed by atoms with van der Waals surface area (Å²) >= 11 is 5.72. The Labute approximate surface area is 93.8 Å². The van der Waals surface area contributed by atoms with E-state index in [2.05, 4.69) is 10.3 Å². The Kier molecular flexibility index (Phi) is 3.91. The number of anilines is 1. The van der Waals surface area contributed by atoms with Gasteiger partial charge in [-0.15, -0.1) is 0 Å². The summed E-state index contributed by atoms with van der Waals surface area (Å²) in [7, 11) is 0. The van der Waals surface area contributed by atoms with E-state index in [0.717, 1.165) is 0 Å². The van der Waals surface area contributed by atoms with Crippen molar-refractivity contribution >= 4 is 23.3 Å². The van der Waals surface area contributed by atoms with E-state index in [1.807, 2.05) is 13.8 Å². The molecule has 3 N–H and O–H groups in total. The van der Waals surface area contributed by atoms with Crippen molar-refractivity contribution in [3.63, 3.8) is 0 Å². The van der Waals surface area contributed by atoms with Gasteiger partial charge in [-0.1, -0.05) is 31.5 Å². The van der Waals surface area contributed by atoms with Crippen LogP contribution in [0.2, 0.25) is 5.15 Å². The first-order valence-electron chi connectivity index (χ1n) is 4.69. The van der Waals surface area contributed by atoms with Crippen molar-refractivity contribution in [2.75, 3.05) is 5.32 Å². The minimum atomic E-state index is -0.434. The number of nitrogens with two attached hydrogens (primary N) is 1. The maximum absolute atomic E-state index is 11.1. The van der Waals surface area contributed by atoms with Gasteiger partial charge in [-0.3, -0.25) is 4.79 Å². The molecule has 82 valence electrons. The van der Waals surface area contributed by atoms with E-state index in [0.29, 0.717) is 11.0 Å². The number of rotatable bonds is 4. The molecule has 15 heavy (non-hydrogen) atoms. The van der Waals surface area contributed by atoms with Gasteiger partial charge in [0.25, 0.3) is 0 Å².